The summed E-state index contributed by atoms with van der Waals surface area (Å²) >= 11 is 0. The molecule has 1 saturated heterocycles. The third-order valence-electron chi connectivity index (χ3n) is 4.09. The zero-order valence-corrected chi connectivity index (χ0v) is 13.0. The van der Waals surface area contributed by atoms with Crippen LogP contribution in [0.3, 0.4) is 0 Å². The average Bonchev–Trinajstić information content (AvgIpc) is 2.55. The van der Waals surface area contributed by atoms with E-state index >= 15 is 0 Å². The van der Waals surface area contributed by atoms with E-state index in [0.717, 1.165) is 5.56 Å². The molecule has 0 atom stereocenters. The van der Waals surface area contributed by atoms with E-state index in [9.17, 15) is 9.59 Å². The Morgan fingerprint density at radius 3 is 2.45 bits per heavy atom. The van der Waals surface area contributed by atoms with Gasteiger partial charge in [-0.05, 0) is 38.3 Å². The maximum atomic E-state index is 12.4. The summed E-state index contributed by atoms with van der Waals surface area (Å²) in [6.07, 6.45) is 1.97. The number of nitrogens with zero attached hydrogens (tertiary/aromatic N) is 1. The van der Waals surface area contributed by atoms with Crippen molar-refractivity contribution in [1.29, 1.82) is 0 Å². The van der Waals surface area contributed by atoms with E-state index in [1.165, 1.54) is 0 Å². The maximum Gasteiger partial charge on any atom is 0.253 e. The average molecular weight is 304 g/mol. The molecule has 1 aromatic carbocycles. The first-order valence-electron chi connectivity index (χ1n) is 7.86. The summed E-state index contributed by atoms with van der Waals surface area (Å²) < 4.78 is 0. The molecule has 22 heavy (non-hydrogen) atoms. The number of piperidine rings is 1. The van der Waals surface area contributed by atoms with Crippen LogP contribution in [0.5, 0.6) is 0 Å². The van der Waals surface area contributed by atoms with Crippen LogP contribution in [-0.2, 0) is 4.79 Å². The number of carbonyl (C=O) groups is 2. The van der Waals surface area contributed by atoms with Crippen LogP contribution in [0.1, 0.15) is 35.2 Å². The fourth-order valence-corrected chi connectivity index (χ4v) is 2.66. The second kappa shape index (κ2) is 7.94. The molecule has 1 heterocycles. The van der Waals surface area contributed by atoms with Gasteiger partial charge in [-0.3, -0.25) is 9.59 Å². The molecule has 1 aliphatic rings. The number of hydrogen-bond acceptors (Lipinski definition) is 3. The molecule has 0 unspecified atom stereocenters. The van der Waals surface area contributed by atoms with Gasteiger partial charge in [0.2, 0.25) is 5.91 Å². The van der Waals surface area contributed by atoms with Crippen LogP contribution in [0, 0.1) is 12.8 Å². The fraction of sp³-hybridized carbons (Fsp3) is 0.529. The number of benzene rings is 1. The van der Waals surface area contributed by atoms with Crippen LogP contribution in [-0.4, -0.2) is 48.1 Å². The van der Waals surface area contributed by atoms with Crippen LogP contribution in [0.2, 0.25) is 0 Å². The van der Waals surface area contributed by atoms with Crippen molar-refractivity contribution in [3.63, 3.8) is 0 Å². The normalized spacial score (nSPS) is 15.6. The van der Waals surface area contributed by atoms with Crippen molar-refractivity contribution >= 4 is 11.8 Å². The molecule has 5 nitrogen and oxygen atoms in total. The zero-order valence-electron chi connectivity index (χ0n) is 13.0. The summed E-state index contributed by atoms with van der Waals surface area (Å²) in [4.78, 5) is 26.2. The number of amides is 2. The highest BCUT2D eigenvalue weighted by molar-refractivity contribution is 5.94. The number of carbonyl (C=O) groups excluding carboxylic acids is 2. The van der Waals surface area contributed by atoms with Crippen molar-refractivity contribution < 1.29 is 14.7 Å². The number of rotatable bonds is 5. The molecular formula is C17H24N2O3. The van der Waals surface area contributed by atoms with Gasteiger partial charge in [0.25, 0.3) is 5.91 Å². The van der Waals surface area contributed by atoms with Gasteiger partial charge in [-0.1, -0.05) is 17.7 Å². The van der Waals surface area contributed by atoms with Crippen molar-refractivity contribution in [1.82, 2.24) is 10.2 Å². The highest BCUT2D eigenvalue weighted by atomic mass is 16.3. The lowest BCUT2D eigenvalue weighted by molar-refractivity contribution is -0.126. The van der Waals surface area contributed by atoms with Crippen molar-refractivity contribution in [3.05, 3.63) is 35.4 Å². The predicted molar refractivity (Wildman–Crippen MR) is 84.5 cm³/mol. The van der Waals surface area contributed by atoms with Gasteiger partial charge >= 0.3 is 0 Å². The van der Waals surface area contributed by atoms with Gasteiger partial charge in [0.1, 0.15) is 0 Å². The van der Waals surface area contributed by atoms with Gasteiger partial charge in [0.15, 0.2) is 0 Å². The summed E-state index contributed by atoms with van der Waals surface area (Å²) in [7, 11) is 0. The molecule has 0 aromatic heterocycles. The highest BCUT2D eigenvalue weighted by Crippen LogP contribution is 2.19. The maximum absolute atomic E-state index is 12.4. The second-order valence-electron chi connectivity index (χ2n) is 5.80. The lowest BCUT2D eigenvalue weighted by atomic mass is 9.95. The smallest absolute Gasteiger partial charge is 0.253 e. The molecular weight excluding hydrogens is 280 g/mol. The topological polar surface area (TPSA) is 69.6 Å². The fourth-order valence-electron chi connectivity index (χ4n) is 2.66. The van der Waals surface area contributed by atoms with E-state index in [-0.39, 0.29) is 24.3 Å². The molecule has 0 saturated carbocycles. The molecule has 0 bridgehead atoms. The van der Waals surface area contributed by atoms with Crippen molar-refractivity contribution in [2.24, 2.45) is 5.92 Å². The Morgan fingerprint density at radius 2 is 1.86 bits per heavy atom. The Kier molecular flexibility index (Phi) is 5.95. The molecule has 2 N–H and O–H groups in total. The molecule has 0 spiro atoms. The third-order valence-corrected chi connectivity index (χ3v) is 4.09. The molecule has 0 radical (unpaired) electrons. The molecule has 120 valence electrons. The van der Waals surface area contributed by atoms with Crippen LogP contribution >= 0.6 is 0 Å². The second-order valence-corrected chi connectivity index (χ2v) is 5.80. The number of aliphatic hydroxyl groups excluding tert-OH is 1. The Hall–Kier alpha value is -1.88. The number of nitrogens with one attached hydrogen (secondary N) is 1. The highest BCUT2D eigenvalue weighted by Gasteiger charge is 2.27. The quantitative estimate of drug-likeness (QED) is 0.807. The van der Waals surface area contributed by atoms with Crippen molar-refractivity contribution in [2.45, 2.75) is 26.2 Å². The third kappa shape index (κ3) is 4.31. The lowest BCUT2D eigenvalue weighted by Crippen LogP contribution is -2.43. The van der Waals surface area contributed by atoms with Crippen LogP contribution in [0.4, 0.5) is 0 Å². The van der Waals surface area contributed by atoms with E-state index in [4.69, 9.17) is 5.11 Å². The summed E-state index contributed by atoms with van der Waals surface area (Å²) in [6, 6.07) is 7.58. The number of aryl methyl sites for hydroxylation is 1. The summed E-state index contributed by atoms with van der Waals surface area (Å²) in [5.74, 6) is 0.0517. The molecule has 5 heteroatoms. The Morgan fingerprint density at radius 1 is 1.23 bits per heavy atom. The Labute approximate surface area is 131 Å². The molecule has 2 amide bonds. The standard InChI is InChI=1S/C17H24N2O3/c1-13-3-5-15(6-4-13)17(22)19-10-7-14(8-11-19)16(21)18-9-2-12-20/h3-6,14,20H,2,7-12H2,1H3,(H,18,21). The van der Waals surface area contributed by atoms with Crippen LogP contribution in [0.25, 0.3) is 0 Å². The van der Waals surface area contributed by atoms with Gasteiger partial charge in [-0.25, -0.2) is 0 Å². The first kappa shape index (κ1) is 16.5. The van der Waals surface area contributed by atoms with E-state index in [1.807, 2.05) is 36.1 Å². The van der Waals surface area contributed by atoms with Gasteiger partial charge in [0.05, 0.1) is 0 Å². The molecule has 1 fully saturated rings. The molecule has 1 aliphatic heterocycles. The van der Waals surface area contributed by atoms with Gasteiger partial charge in [0, 0.05) is 37.7 Å². The molecule has 2 rings (SSSR count). The van der Waals surface area contributed by atoms with Crippen LogP contribution in [0.15, 0.2) is 24.3 Å². The first-order chi connectivity index (χ1) is 10.6. The van der Waals surface area contributed by atoms with E-state index in [0.29, 0.717) is 44.5 Å². The van der Waals surface area contributed by atoms with Crippen molar-refractivity contribution in [3.8, 4) is 0 Å². The Bertz CT molecular complexity index is 505. The molecule has 0 aliphatic carbocycles. The monoisotopic (exact) mass is 304 g/mol. The van der Waals surface area contributed by atoms with E-state index in [2.05, 4.69) is 5.32 Å². The summed E-state index contributed by atoms with van der Waals surface area (Å²) in [5, 5.41) is 11.5. The van der Waals surface area contributed by atoms with E-state index < -0.39 is 0 Å². The number of aliphatic hydroxyl groups is 1. The predicted octanol–water partition coefficient (Wildman–Crippen LogP) is 1.35. The number of likely N-dealkylation sites (tertiary alicyclic amines) is 1. The van der Waals surface area contributed by atoms with Gasteiger partial charge < -0.3 is 15.3 Å². The largest absolute Gasteiger partial charge is 0.396 e. The van der Waals surface area contributed by atoms with Crippen molar-refractivity contribution in [2.75, 3.05) is 26.2 Å². The first-order valence-corrected chi connectivity index (χ1v) is 7.86. The summed E-state index contributed by atoms with van der Waals surface area (Å²) in [5.41, 5.74) is 1.84. The minimum atomic E-state index is -0.0271. The van der Waals surface area contributed by atoms with Gasteiger partial charge in [-0.2, -0.15) is 0 Å². The van der Waals surface area contributed by atoms with Crippen LogP contribution < -0.4 is 5.32 Å². The zero-order chi connectivity index (χ0) is 15.9. The molecule has 1 aromatic rings. The van der Waals surface area contributed by atoms with E-state index in [1.54, 1.807) is 0 Å². The minimum absolute atomic E-state index is 0.0271. The SMILES string of the molecule is Cc1ccc(C(=O)N2CCC(C(=O)NCCCO)CC2)cc1. The van der Waals surface area contributed by atoms with Gasteiger partial charge in [-0.15, -0.1) is 0 Å². The Balaban J connectivity index is 1.82. The summed E-state index contributed by atoms with van der Waals surface area (Å²) in [6.45, 7) is 3.83. The lowest BCUT2D eigenvalue weighted by Gasteiger charge is -2.31. The minimum Gasteiger partial charge on any atom is -0.396 e. The number of hydrogen-bond donors (Lipinski definition) is 2.